The number of carboxylic acid groups (broad SMARTS) is 1. The fourth-order valence-electron chi connectivity index (χ4n) is 1.82. The summed E-state index contributed by atoms with van der Waals surface area (Å²) in [5, 5.41) is 12.7. The average Bonchev–Trinajstić information content (AvgIpc) is 2.90. The van der Waals surface area contributed by atoms with E-state index in [-0.39, 0.29) is 5.76 Å². The maximum atomic E-state index is 10.9. The van der Waals surface area contributed by atoms with Crippen molar-refractivity contribution >= 4 is 21.9 Å². The van der Waals surface area contributed by atoms with Crippen LogP contribution in [0.3, 0.4) is 0 Å². The van der Waals surface area contributed by atoms with Crippen LogP contribution < -0.4 is 9.47 Å². The van der Waals surface area contributed by atoms with Gasteiger partial charge >= 0.3 is 5.97 Å². The third kappa shape index (κ3) is 2.36. The van der Waals surface area contributed by atoms with Gasteiger partial charge in [0.05, 0.1) is 19.8 Å². The second-order valence-corrected chi connectivity index (χ2v) is 4.79. The molecule has 0 aliphatic carbocycles. The van der Waals surface area contributed by atoms with Crippen LogP contribution in [-0.4, -0.2) is 30.5 Å². The predicted molar refractivity (Wildman–Crippen MR) is 74.4 cm³/mol. The molecule has 2 rings (SSSR count). The van der Waals surface area contributed by atoms with E-state index < -0.39 is 5.97 Å². The average molecular weight is 342 g/mol. The summed E-state index contributed by atoms with van der Waals surface area (Å²) in [7, 11) is 3.03. The standard InChI is InChI=1S/C13H12BrNO5/c1-6-4-8(18-2)12(19-3)10(11(6)14)7-5-9(13(16)17)20-15-7/h4-5H,1-3H3,(H,16,17). The maximum absolute atomic E-state index is 10.9. The van der Waals surface area contributed by atoms with E-state index in [1.54, 1.807) is 0 Å². The van der Waals surface area contributed by atoms with Gasteiger partial charge in [-0.1, -0.05) is 5.16 Å². The van der Waals surface area contributed by atoms with Crippen molar-refractivity contribution in [2.24, 2.45) is 0 Å². The molecule has 0 amide bonds. The van der Waals surface area contributed by atoms with Crippen LogP contribution in [0.25, 0.3) is 11.3 Å². The van der Waals surface area contributed by atoms with Crippen molar-refractivity contribution in [1.29, 1.82) is 0 Å². The number of aromatic nitrogens is 1. The zero-order valence-corrected chi connectivity index (χ0v) is 12.6. The highest BCUT2D eigenvalue weighted by molar-refractivity contribution is 9.10. The van der Waals surface area contributed by atoms with Crippen LogP contribution in [0.2, 0.25) is 0 Å². The van der Waals surface area contributed by atoms with E-state index in [2.05, 4.69) is 21.1 Å². The van der Waals surface area contributed by atoms with E-state index in [9.17, 15) is 4.79 Å². The molecule has 2 aromatic rings. The van der Waals surface area contributed by atoms with Crippen LogP contribution in [-0.2, 0) is 0 Å². The summed E-state index contributed by atoms with van der Waals surface area (Å²) in [6.07, 6.45) is 0. The first-order valence-electron chi connectivity index (χ1n) is 5.61. The van der Waals surface area contributed by atoms with Crippen molar-refractivity contribution < 1.29 is 23.9 Å². The maximum Gasteiger partial charge on any atom is 0.374 e. The summed E-state index contributed by atoms with van der Waals surface area (Å²) in [6.45, 7) is 1.88. The molecule has 0 saturated heterocycles. The van der Waals surface area contributed by atoms with Crippen molar-refractivity contribution in [3.63, 3.8) is 0 Å². The lowest BCUT2D eigenvalue weighted by atomic mass is 10.1. The highest BCUT2D eigenvalue weighted by atomic mass is 79.9. The smallest absolute Gasteiger partial charge is 0.374 e. The lowest BCUT2D eigenvalue weighted by Gasteiger charge is -2.14. The van der Waals surface area contributed by atoms with Crippen LogP contribution >= 0.6 is 15.9 Å². The fraction of sp³-hybridized carbons (Fsp3) is 0.231. The number of benzene rings is 1. The number of carbonyl (C=O) groups is 1. The molecule has 0 bridgehead atoms. The van der Waals surface area contributed by atoms with E-state index in [0.717, 1.165) is 10.0 Å². The van der Waals surface area contributed by atoms with Gasteiger partial charge in [0.2, 0.25) is 5.76 Å². The molecule has 1 N–H and O–H groups in total. The van der Waals surface area contributed by atoms with Crippen LogP contribution in [0.5, 0.6) is 11.5 Å². The lowest BCUT2D eigenvalue weighted by Crippen LogP contribution is -1.96. The number of rotatable bonds is 4. The molecule has 20 heavy (non-hydrogen) atoms. The van der Waals surface area contributed by atoms with Gasteiger partial charge in [-0.3, -0.25) is 0 Å². The van der Waals surface area contributed by atoms with Gasteiger partial charge in [0.25, 0.3) is 0 Å². The molecule has 0 radical (unpaired) electrons. The first-order valence-corrected chi connectivity index (χ1v) is 6.40. The van der Waals surface area contributed by atoms with E-state index >= 15 is 0 Å². The molecular weight excluding hydrogens is 330 g/mol. The van der Waals surface area contributed by atoms with Gasteiger partial charge < -0.3 is 19.1 Å². The summed E-state index contributed by atoms with van der Waals surface area (Å²) in [6, 6.07) is 3.15. The zero-order valence-electron chi connectivity index (χ0n) is 11.1. The Hall–Kier alpha value is -2.02. The van der Waals surface area contributed by atoms with E-state index in [0.29, 0.717) is 22.8 Å². The number of nitrogens with zero attached hydrogens (tertiary/aromatic N) is 1. The van der Waals surface area contributed by atoms with Crippen molar-refractivity contribution in [1.82, 2.24) is 5.16 Å². The third-order valence-corrected chi connectivity index (χ3v) is 3.79. The summed E-state index contributed by atoms with van der Waals surface area (Å²) >= 11 is 3.45. The van der Waals surface area contributed by atoms with Gasteiger partial charge in [-0.05, 0) is 34.5 Å². The first kappa shape index (κ1) is 14.4. The highest BCUT2D eigenvalue weighted by Gasteiger charge is 2.22. The van der Waals surface area contributed by atoms with Crippen LogP contribution in [0.15, 0.2) is 21.1 Å². The van der Waals surface area contributed by atoms with Gasteiger partial charge in [0.1, 0.15) is 5.69 Å². The van der Waals surface area contributed by atoms with Gasteiger partial charge in [0.15, 0.2) is 11.5 Å². The molecule has 106 valence electrons. The Morgan fingerprint density at radius 2 is 2.05 bits per heavy atom. The molecule has 6 nitrogen and oxygen atoms in total. The molecule has 0 fully saturated rings. The lowest BCUT2D eigenvalue weighted by molar-refractivity contribution is 0.0652. The molecule has 0 aliphatic rings. The Bertz CT molecular complexity index is 665. The Balaban J connectivity index is 2.70. The summed E-state index contributed by atoms with van der Waals surface area (Å²) in [4.78, 5) is 10.9. The van der Waals surface area contributed by atoms with Crippen molar-refractivity contribution in [3.05, 3.63) is 27.9 Å². The molecule has 0 unspecified atom stereocenters. The molecule has 0 spiro atoms. The number of carboxylic acids is 1. The number of aryl methyl sites for hydroxylation is 1. The van der Waals surface area contributed by atoms with E-state index in [1.807, 2.05) is 13.0 Å². The third-order valence-electron chi connectivity index (χ3n) is 2.77. The summed E-state index contributed by atoms with van der Waals surface area (Å²) < 4.78 is 16.1. The molecule has 0 saturated carbocycles. The fourth-order valence-corrected chi connectivity index (χ4v) is 2.32. The van der Waals surface area contributed by atoms with Gasteiger partial charge in [0, 0.05) is 10.5 Å². The Kier molecular flexibility index (Phi) is 3.99. The van der Waals surface area contributed by atoms with Gasteiger partial charge in [-0.25, -0.2) is 4.79 Å². The Labute approximate surface area is 123 Å². The predicted octanol–water partition coefficient (Wildman–Crippen LogP) is 3.13. The van der Waals surface area contributed by atoms with E-state index in [1.165, 1.54) is 20.3 Å². The SMILES string of the molecule is COc1cc(C)c(Br)c(-c2cc(C(=O)O)on2)c1OC. The Morgan fingerprint density at radius 3 is 2.55 bits per heavy atom. The van der Waals surface area contributed by atoms with Gasteiger partial charge in [-0.15, -0.1) is 0 Å². The zero-order chi connectivity index (χ0) is 14.9. The summed E-state index contributed by atoms with van der Waals surface area (Å²) in [5.41, 5.74) is 1.84. The molecule has 1 aromatic heterocycles. The highest BCUT2D eigenvalue weighted by Crippen LogP contribution is 2.44. The van der Waals surface area contributed by atoms with E-state index in [4.69, 9.17) is 19.1 Å². The Morgan fingerprint density at radius 1 is 1.35 bits per heavy atom. The van der Waals surface area contributed by atoms with Crippen molar-refractivity contribution in [3.8, 4) is 22.8 Å². The minimum atomic E-state index is -1.18. The quantitative estimate of drug-likeness (QED) is 0.919. The molecule has 0 aliphatic heterocycles. The minimum absolute atomic E-state index is 0.241. The second-order valence-electron chi connectivity index (χ2n) is 4.00. The first-order chi connectivity index (χ1) is 9.49. The number of halogens is 1. The van der Waals surface area contributed by atoms with Crippen molar-refractivity contribution in [2.75, 3.05) is 14.2 Å². The largest absolute Gasteiger partial charge is 0.493 e. The van der Waals surface area contributed by atoms with Crippen LogP contribution in [0, 0.1) is 6.92 Å². The monoisotopic (exact) mass is 341 g/mol. The number of ether oxygens (including phenoxy) is 2. The molecule has 1 aromatic carbocycles. The minimum Gasteiger partial charge on any atom is -0.493 e. The molecular formula is C13H12BrNO5. The summed E-state index contributed by atoms with van der Waals surface area (Å²) in [5.74, 6) is -0.439. The number of aromatic carboxylic acids is 1. The molecule has 1 heterocycles. The number of methoxy groups -OCH3 is 2. The topological polar surface area (TPSA) is 81.8 Å². The molecule has 0 atom stereocenters. The number of hydrogen-bond acceptors (Lipinski definition) is 5. The van der Waals surface area contributed by atoms with Crippen LogP contribution in [0.1, 0.15) is 16.1 Å². The normalized spacial score (nSPS) is 10.4. The second kappa shape index (κ2) is 5.54. The number of hydrogen-bond donors (Lipinski definition) is 1. The van der Waals surface area contributed by atoms with Crippen molar-refractivity contribution in [2.45, 2.75) is 6.92 Å². The molecule has 7 heteroatoms. The van der Waals surface area contributed by atoms with Gasteiger partial charge in [-0.2, -0.15) is 0 Å². The van der Waals surface area contributed by atoms with Crippen LogP contribution in [0.4, 0.5) is 0 Å².